The fourth-order valence-corrected chi connectivity index (χ4v) is 1.39. The van der Waals surface area contributed by atoms with E-state index in [-0.39, 0.29) is 6.42 Å². The van der Waals surface area contributed by atoms with Crippen LogP contribution in [0.3, 0.4) is 0 Å². The van der Waals surface area contributed by atoms with E-state index in [4.69, 9.17) is 10.8 Å². The Balaban J connectivity index is 4.76. The third-order valence-electron chi connectivity index (χ3n) is 2.11. The van der Waals surface area contributed by atoms with E-state index in [2.05, 4.69) is 0 Å². The molecule has 1 atom stereocenters. The first-order valence-corrected chi connectivity index (χ1v) is 4.27. The highest BCUT2D eigenvalue weighted by Gasteiger charge is 2.46. The van der Waals surface area contributed by atoms with Crippen molar-refractivity contribution in [2.45, 2.75) is 32.4 Å². The average Bonchev–Trinajstić information content (AvgIpc) is 2.00. The van der Waals surface area contributed by atoms with Gasteiger partial charge in [0.15, 0.2) is 0 Å². The van der Waals surface area contributed by atoms with Gasteiger partial charge in [-0.25, -0.2) is 0 Å². The smallest absolute Gasteiger partial charge is 0.390 e. The van der Waals surface area contributed by atoms with Gasteiger partial charge in [0.25, 0.3) is 0 Å². The van der Waals surface area contributed by atoms with Crippen LogP contribution in [0.15, 0.2) is 0 Å². The van der Waals surface area contributed by atoms with Crippen LogP contribution < -0.4 is 5.73 Å². The van der Waals surface area contributed by atoms with Crippen LogP contribution in [-0.2, 0) is 4.79 Å². The number of aliphatic carboxylic acids is 1. The van der Waals surface area contributed by atoms with Crippen LogP contribution in [0.2, 0.25) is 0 Å². The number of hydrogen-bond acceptors (Lipinski definition) is 2. The van der Waals surface area contributed by atoms with Gasteiger partial charge in [-0.3, -0.25) is 4.79 Å². The molecule has 0 aliphatic carbocycles. The zero-order chi connectivity index (χ0) is 11.4. The van der Waals surface area contributed by atoms with Gasteiger partial charge in [-0.15, -0.1) is 0 Å². The van der Waals surface area contributed by atoms with E-state index in [1.54, 1.807) is 6.92 Å². The number of halogens is 3. The van der Waals surface area contributed by atoms with E-state index in [9.17, 15) is 18.0 Å². The second-order valence-electron chi connectivity index (χ2n) is 3.33. The quantitative estimate of drug-likeness (QED) is 0.731. The Morgan fingerprint density at radius 1 is 1.43 bits per heavy atom. The van der Waals surface area contributed by atoms with Gasteiger partial charge >= 0.3 is 12.1 Å². The first kappa shape index (κ1) is 13.2. The minimum atomic E-state index is -4.49. The molecule has 0 radical (unpaired) electrons. The van der Waals surface area contributed by atoms with Gasteiger partial charge in [0, 0.05) is 6.54 Å². The van der Waals surface area contributed by atoms with Gasteiger partial charge in [-0.1, -0.05) is 13.3 Å². The molecule has 0 heterocycles. The number of hydrogen-bond donors (Lipinski definition) is 2. The number of nitrogens with two attached hydrogens (primary N) is 1. The van der Waals surface area contributed by atoms with Gasteiger partial charge in [0.1, 0.15) is 0 Å². The number of carboxylic acids is 1. The molecule has 3 nitrogen and oxygen atoms in total. The van der Waals surface area contributed by atoms with Crippen LogP contribution in [0, 0.1) is 5.41 Å². The Hall–Kier alpha value is -0.780. The SMILES string of the molecule is CCCC(CN)(CC(F)(F)F)C(=O)O. The third kappa shape index (κ3) is 3.53. The van der Waals surface area contributed by atoms with Crippen molar-refractivity contribution in [3.8, 4) is 0 Å². The van der Waals surface area contributed by atoms with E-state index in [0.717, 1.165) is 0 Å². The number of carboxylic acid groups (broad SMARTS) is 1. The molecule has 0 amide bonds. The summed E-state index contributed by atoms with van der Waals surface area (Å²) in [5.74, 6) is -1.47. The highest BCUT2D eigenvalue weighted by molar-refractivity contribution is 5.75. The van der Waals surface area contributed by atoms with Gasteiger partial charge in [0.05, 0.1) is 11.8 Å². The Morgan fingerprint density at radius 3 is 2.14 bits per heavy atom. The topological polar surface area (TPSA) is 63.3 Å². The number of alkyl halides is 3. The standard InChI is InChI=1S/C8H14F3NO2/c1-2-3-7(5-12,6(13)14)4-8(9,10)11/h2-5,12H2,1H3,(H,13,14). The molecular formula is C8H14F3NO2. The normalized spacial score (nSPS) is 16.4. The second-order valence-corrected chi connectivity index (χ2v) is 3.33. The van der Waals surface area contributed by atoms with Crippen molar-refractivity contribution in [2.24, 2.45) is 11.1 Å². The zero-order valence-corrected chi connectivity index (χ0v) is 7.90. The van der Waals surface area contributed by atoms with Crippen molar-refractivity contribution in [3.63, 3.8) is 0 Å². The summed E-state index contributed by atoms with van der Waals surface area (Å²) in [5.41, 5.74) is 3.27. The summed E-state index contributed by atoms with van der Waals surface area (Å²) in [5, 5.41) is 8.74. The largest absolute Gasteiger partial charge is 0.481 e. The van der Waals surface area contributed by atoms with Crippen LogP contribution >= 0.6 is 0 Å². The molecule has 6 heteroatoms. The van der Waals surface area contributed by atoms with Crippen molar-refractivity contribution < 1.29 is 23.1 Å². The molecule has 0 rings (SSSR count). The first-order valence-electron chi connectivity index (χ1n) is 4.27. The summed E-state index contributed by atoms with van der Waals surface area (Å²) in [7, 11) is 0. The molecule has 84 valence electrons. The second kappa shape index (κ2) is 4.63. The monoisotopic (exact) mass is 213 g/mol. The van der Waals surface area contributed by atoms with E-state index in [1.165, 1.54) is 0 Å². The lowest BCUT2D eigenvalue weighted by Gasteiger charge is -2.28. The molecule has 0 aromatic heterocycles. The molecule has 0 aromatic carbocycles. The highest BCUT2D eigenvalue weighted by atomic mass is 19.4. The molecule has 0 aromatic rings. The van der Waals surface area contributed by atoms with Crippen molar-refractivity contribution in [2.75, 3.05) is 6.54 Å². The van der Waals surface area contributed by atoms with Crippen molar-refractivity contribution >= 4 is 5.97 Å². The van der Waals surface area contributed by atoms with E-state index >= 15 is 0 Å². The van der Waals surface area contributed by atoms with E-state index in [1.807, 2.05) is 0 Å². The summed E-state index contributed by atoms with van der Waals surface area (Å²) in [6.45, 7) is 1.14. The van der Waals surface area contributed by atoms with Gasteiger partial charge < -0.3 is 10.8 Å². The van der Waals surface area contributed by atoms with Crippen molar-refractivity contribution in [1.29, 1.82) is 0 Å². The predicted molar refractivity (Wildman–Crippen MR) is 44.7 cm³/mol. The van der Waals surface area contributed by atoms with Gasteiger partial charge in [0.2, 0.25) is 0 Å². The minimum absolute atomic E-state index is 0.0572. The molecule has 3 N–H and O–H groups in total. The molecule has 0 aliphatic heterocycles. The summed E-state index contributed by atoms with van der Waals surface area (Å²) in [4.78, 5) is 10.7. The van der Waals surface area contributed by atoms with Crippen LogP contribution in [-0.4, -0.2) is 23.8 Å². The molecule has 0 spiro atoms. The fourth-order valence-electron chi connectivity index (χ4n) is 1.39. The first-order chi connectivity index (χ1) is 6.27. The van der Waals surface area contributed by atoms with Crippen LogP contribution in [0.5, 0.6) is 0 Å². The van der Waals surface area contributed by atoms with Crippen molar-refractivity contribution in [1.82, 2.24) is 0 Å². The maximum absolute atomic E-state index is 12.1. The predicted octanol–water partition coefficient (Wildman–Crippen LogP) is 1.77. The van der Waals surface area contributed by atoms with Crippen LogP contribution in [0.4, 0.5) is 13.2 Å². The Labute approximate surface area is 80.1 Å². The van der Waals surface area contributed by atoms with E-state index < -0.39 is 30.5 Å². The Bertz CT molecular complexity index is 205. The summed E-state index contributed by atoms with van der Waals surface area (Å²) in [6.07, 6.45) is -5.55. The number of rotatable bonds is 5. The molecule has 0 aliphatic rings. The highest BCUT2D eigenvalue weighted by Crippen LogP contribution is 2.36. The third-order valence-corrected chi connectivity index (χ3v) is 2.11. The maximum Gasteiger partial charge on any atom is 0.390 e. The summed E-state index contributed by atoms with van der Waals surface area (Å²) >= 11 is 0. The van der Waals surface area contributed by atoms with Gasteiger partial charge in [-0.05, 0) is 6.42 Å². The lowest BCUT2D eigenvalue weighted by atomic mass is 9.80. The summed E-state index contributed by atoms with van der Waals surface area (Å²) < 4.78 is 36.3. The molecule has 0 fully saturated rings. The van der Waals surface area contributed by atoms with Gasteiger partial charge in [-0.2, -0.15) is 13.2 Å². The number of carbonyl (C=O) groups is 1. The minimum Gasteiger partial charge on any atom is -0.481 e. The van der Waals surface area contributed by atoms with Crippen molar-refractivity contribution in [3.05, 3.63) is 0 Å². The summed E-state index contributed by atoms with van der Waals surface area (Å²) in [6, 6.07) is 0. The molecule has 0 bridgehead atoms. The molecule has 1 unspecified atom stereocenters. The Morgan fingerprint density at radius 2 is 1.93 bits per heavy atom. The molecule has 0 saturated heterocycles. The molecule has 14 heavy (non-hydrogen) atoms. The van der Waals surface area contributed by atoms with E-state index in [0.29, 0.717) is 6.42 Å². The average molecular weight is 213 g/mol. The lowest BCUT2D eigenvalue weighted by molar-refractivity contribution is -0.178. The van der Waals surface area contributed by atoms with Crippen LogP contribution in [0.1, 0.15) is 26.2 Å². The molecular weight excluding hydrogens is 199 g/mol. The Kier molecular flexibility index (Phi) is 4.38. The lowest BCUT2D eigenvalue weighted by Crippen LogP contribution is -2.42. The fraction of sp³-hybridized carbons (Fsp3) is 0.875. The molecule has 0 saturated carbocycles. The maximum atomic E-state index is 12.1. The zero-order valence-electron chi connectivity index (χ0n) is 7.90. The van der Waals surface area contributed by atoms with Crippen LogP contribution in [0.25, 0.3) is 0 Å².